The molecule has 1 aromatic carbocycles. The fourth-order valence-electron chi connectivity index (χ4n) is 2.32. The van der Waals surface area contributed by atoms with E-state index in [4.69, 9.17) is 0 Å². The Morgan fingerprint density at radius 2 is 2.00 bits per heavy atom. The summed E-state index contributed by atoms with van der Waals surface area (Å²) in [6.45, 7) is 0.1000. The predicted octanol–water partition coefficient (Wildman–Crippen LogP) is 1.81. The zero-order chi connectivity index (χ0) is 9.97. The largest absolute Gasteiger partial charge is 0.393 e. The van der Waals surface area contributed by atoms with Crippen LogP contribution in [0.4, 0.5) is 0 Å². The van der Waals surface area contributed by atoms with Gasteiger partial charge in [0.2, 0.25) is 0 Å². The van der Waals surface area contributed by atoms with Gasteiger partial charge in [0.05, 0.1) is 12.7 Å². The molecular weight excluding hydrogens is 176 g/mol. The van der Waals surface area contributed by atoms with Crippen LogP contribution in [0.15, 0.2) is 24.3 Å². The van der Waals surface area contributed by atoms with Gasteiger partial charge in [0.25, 0.3) is 0 Å². The molecule has 2 N–H and O–H groups in total. The molecule has 76 valence electrons. The Kier molecular flexibility index (Phi) is 2.85. The molecule has 0 aliphatic heterocycles. The molecule has 0 saturated heterocycles. The van der Waals surface area contributed by atoms with Gasteiger partial charge in [-0.3, -0.25) is 0 Å². The van der Waals surface area contributed by atoms with E-state index in [1.54, 1.807) is 0 Å². The van der Waals surface area contributed by atoms with Crippen LogP contribution in [0.5, 0.6) is 0 Å². The van der Waals surface area contributed by atoms with Gasteiger partial charge in [0.15, 0.2) is 0 Å². The third kappa shape index (κ3) is 1.81. The van der Waals surface area contributed by atoms with Gasteiger partial charge < -0.3 is 10.2 Å². The van der Waals surface area contributed by atoms with Crippen LogP contribution in [0, 0.1) is 0 Å². The van der Waals surface area contributed by atoms with Gasteiger partial charge in [-0.2, -0.15) is 0 Å². The molecule has 0 bridgehead atoms. The fraction of sp³-hybridized carbons (Fsp3) is 0.500. The van der Waals surface area contributed by atoms with Gasteiger partial charge in [-0.05, 0) is 36.3 Å². The maximum atomic E-state index is 9.46. The van der Waals surface area contributed by atoms with Gasteiger partial charge >= 0.3 is 0 Å². The zero-order valence-corrected chi connectivity index (χ0v) is 8.19. The number of hydrogen-bond acceptors (Lipinski definition) is 2. The molecule has 2 heteroatoms. The molecule has 1 aliphatic rings. The molecule has 1 aliphatic carbocycles. The van der Waals surface area contributed by atoms with Crippen molar-refractivity contribution in [3.8, 4) is 0 Å². The summed E-state index contributed by atoms with van der Waals surface area (Å²) in [7, 11) is 0. The Labute approximate surface area is 84.2 Å². The summed E-state index contributed by atoms with van der Waals surface area (Å²) < 4.78 is 0. The van der Waals surface area contributed by atoms with E-state index in [0.29, 0.717) is 5.92 Å². The van der Waals surface area contributed by atoms with E-state index in [9.17, 15) is 10.2 Å². The Bertz CT molecular complexity index is 309. The Morgan fingerprint density at radius 1 is 1.21 bits per heavy atom. The zero-order valence-electron chi connectivity index (χ0n) is 8.19. The van der Waals surface area contributed by atoms with Crippen LogP contribution >= 0.6 is 0 Å². The van der Waals surface area contributed by atoms with Crippen LogP contribution < -0.4 is 0 Å². The van der Waals surface area contributed by atoms with Crippen LogP contribution in [-0.2, 0) is 6.61 Å². The molecule has 2 unspecified atom stereocenters. The summed E-state index contributed by atoms with van der Waals surface area (Å²) in [6.07, 6.45) is 2.63. The van der Waals surface area contributed by atoms with Gasteiger partial charge in [0.1, 0.15) is 0 Å². The number of aliphatic hydroxyl groups excluding tert-OH is 2. The standard InChI is InChI=1S/C12H16O2/c13-8-10-3-1-2-4-12(10)9-5-6-11(14)7-9/h1-4,9,11,13-14H,5-8H2. The summed E-state index contributed by atoms with van der Waals surface area (Å²) in [5.41, 5.74) is 2.22. The second-order valence-corrected chi connectivity index (χ2v) is 4.02. The third-order valence-electron chi connectivity index (χ3n) is 3.07. The summed E-state index contributed by atoms with van der Waals surface area (Å²) in [4.78, 5) is 0. The highest BCUT2D eigenvalue weighted by molar-refractivity contribution is 5.30. The minimum atomic E-state index is -0.147. The molecule has 14 heavy (non-hydrogen) atoms. The lowest BCUT2D eigenvalue weighted by molar-refractivity contribution is 0.181. The predicted molar refractivity (Wildman–Crippen MR) is 55.0 cm³/mol. The van der Waals surface area contributed by atoms with Crippen LogP contribution in [0.2, 0.25) is 0 Å². The van der Waals surface area contributed by atoms with Crippen LogP contribution in [-0.4, -0.2) is 16.3 Å². The van der Waals surface area contributed by atoms with Gasteiger partial charge in [-0.1, -0.05) is 24.3 Å². The number of hydrogen-bond donors (Lipinski definition) is 2. The highest BCUT2D eigenvalue weighted by atomic mass is 16.3. The minimum absolute atomic E-state index is 0.1000. The van der Waals surface area contributed by atoms with Crippen molar-refractivity contribution in [3.63, 3.8) is 0 Å². The Hall–Kier alpha value is -0.860. The Balaban J connectivity index is 2.22. The third-order valence-corrected chi connectivity index (χ3v) is 3.07. The van der Waals surface area contributed by atoms with Crippen LogP contribution in [0.25, 0.3) is 0 Å². The van der Waals surface area contributed by atoms with Crippen molar-refractivity contribution in [1.29, 1.82) is 0 Å². The summed E-state index contributed by atoms with van der Waals surface area (Å²) in [6, 6.07) is 7.97. The van der Waals surface area contributed by atoms with Crippen molar-refractivity contribution in [2.24, 2.45) is 0 Å². The summed E-state index contributed by atoms with van der Waals surface area (Å²) >= 11 is 0. The molecule has 0 aromatic heterocycles. The highest BCUT2D eigenvalue weighted by Crippen LogP contribution is 2.35. The number of rotatable bonds is 2. The Morgan fingerprint density at radius 3 is 2.64 bits per heavy atom. The summed E-state index contributed by atoms with van der Waals surface area (Å²) in [5, 5.41) is 18.6. The van der Waals surface area contributed by atoms with E-state index >= 15 is 0 Å². The average molecular weight is 192 g/mol. The number of benzene rings is 1. The van der Waals surface area contributed by atoms with E-state index in [1.165, 1.54) is 5.56 Å². The van der Waals surface area contributed by atoms with Crippen molar-refractivity contribution in [3.05, 3.63) is 35.4 Å². The lowest BCUT2D eigenvalue weighted by Crippen LogP contribution is -2.02. The monoisotopic (exact) mass is 192 g/mol. The van der Waals surface area contributed by atoms with Crippen molar-refractivity contribution < 1.29 is 10.2 Å². The molecule has 2 nitrogen and oxygen atoms in total. The van der Waals surface area contributed by atoms with E-state index < -0.39 is 0 Å². The van der Waals surface area contributed by atoms with Crippen molar-refractivity contribution in [1.82, 2.24) is 0 Å². The first-order valence-corrected chi connectivity index (χ1v) is 5.18. The van der Waals surface area contributed by atoms with Crippen LogP contribution in [0.1, 0.15) is 36.3 Å². The first-order valence-electron chi connectivity index (χ1n) is 5.18. The smallest absolute Gasteiger partial charge is 0.0684 e. The highest BCUT2D eigenvalue weighted by Gasteiger charge is 2.25. The lowest BCUT2D eigenvalue weighted by Gasteiger charge is -2.13. The molecule has 2 atom stereocenters. The van der Waals surface area contributed by atoms with E-state index in [-0.39, 0.29) is 12.7 Å². The van der Waals surface area contributed by atoms with Gasteiger partial charge in [-0.15, -0.1) is 0 Å². The van der Waals surface area contributed by atoms with Crippen molar-refractivity contribution in [2.75, 3.05) is 0 Å². The maximum Gasteiger partial charge on any atom is 0.0684 e. The van der Waals surface area contributed by atoms with Crippen molar-refractivity contribution in [2.45, 2.75) is 37.9 Å². The lowest BCUT2D eigenvalue weighted by atomic mass is 9.93. The first kappa shape index (κ1) is 9.69. The molecule has 0 spiro atoms. The van der Waals surface area contributed by atoms with Gasteiger partial charge in [0, 0.05) is 0 Å². The number of aliphatic hydroxyl groups is 2. The maximum absolute atomic E-state index is 9.46. The van der Waals surface area contributed by atoms with Gasteiger partial charge in [-0.25, -0.2) is 0 Å². The molecule has 0 heterocycles. The molecule has 0 radical (unpaired) electrons. The topological polar surface area (TPSA) is 40.5 Å². The molecule has 1 saturated carbocycles. The second-order valence-electron chi connectivity index (χ2n) is 4.02. The molecular formula is C12H16O2. The molecule has 1 fully saturated rings. The molecule has 1 aromatic rings. The SMILES string of the molecule is OCc1ccccc1C1CCC(O)C1. The fourth-order valence-corrected chi connectivity index (χ4v) is 2.32. The van der Waals surface area contributed by atoms with E-state index in [2.05, 4.69) is 6.07 Å². The first-order chi connectivity index (χ1) is 6.81. The van der Waals surface area contributed by atoms with Crippen LogP contribution in [0.3, 0.4) is 0 Å². The minimum Gasteiger partial charge on any atom is -0.393 e. The summed E-state index contributed by atoms with van der Waals surface area (Å²) in [5.74, 6) is 0.438. The second kappa shape index (κ2) is 4.11. The average Bonchev–Trinajstić information content (AvgIpc) is 2.65. The van der Waals surface area contributed by atoms with E-state index in [1.807, 2.05) is 18.2 Å². The molecule has 2 rings (SSSR count). The van der Waals surface area contributed by atoms with Crippen molar-refractivity contribution >= 4 is 0 Å². The molecule has 0 amide bonds. The quantitative estimate of drug-likeness (QED) is 0.750. The van der Waals surface area contributed by atoms with E-state index in [0.717, 1.165) is 24.8 Å². The normalized spacial score (nSPS) is 26.7.